The van der Waals surface area contributed by atoms with E-state index in [2.05, 4.69) is 4.90 Å². The lowest BCUT2D eigenvalue weighted by molar-refractivity contribution is 0.0546. The molecule has 6 nitrogen and oxygen atoms in total. The van der Waals surface area contributed by atoms with Crippen molar-refractivity contribution >= 4 is 11.5 Å². The molecule has 0 bridgehead atoms. The quantitative estimate of drug-likeness (QED) is 0.397. The van der Waals surface area contributed by atoms with Crippen LogP contribution in [0, 0.1) is 28.6 Å². The van der Waals surface area contributed by atoms with E-state index in [0.717, 1.165) is 36.5 Å². The topological polar surface area (TPSA) is 106 Å². The van der Waals surface area contributed by atoms with Crippen molar-refractivity contribution in [3.8, 4) is 0 Å². The first-order chi connectivity index (χ1) is 15.2. The number of aliphatic hydroxyl groups is 1. The number of hydrogen-bond acceptors (Lipinski definition) is 5. The summed E-state index contributed by atoms with van der Waals surface area (Å²) in [4.78, 5) is 2.74. The first-order valence-corrected chi connectivity index (χ1v) is 12.0. The number of nitrogens with one attached hydrogen (secondary N) is 2. The maximum atomic E-state index is 9.87. The highest BCUT2D eigenvalue weighted by Crippen LogP contribution is 2.38. The smallest absolute Gasteiger partial charge is 0.115 e. The second kappa shape index (κ2) is 11.2. The van der Waals surface area contributed by atoms with Crippen LogP contribution in [-0.2, 0) is 10.3 Å². The van der Waals surface area contributed by atoms with E-state index in [1.165, 1.54) is 63.9 Å². The van der Waals surface area contributed by atoms with Crippen molar-refractivity contribution in [1.82, 2.24) is 4.90 Å². The van der Waals surface area contributed by atoms with Crippen molar-refractivity contribution in [1.29, 1.82) is 10.8 Å². The van der Waals surface area contributed by atoms with Crippen molar-refractivity contribution in [3.05, 3.63) is 47.5 Å². The maximum absolute atomic E-state index is 9.87. The van der Waals surface area contributed by atoms with Crippen molar-refractivity contribution in [2.45, 2.75) is 51.6 Å². The number of amidine groups is 1. The number of fused-ring (bicyclic) bond motifs is 1. The van der Waals surface area contributed by atoms with E-state index < -0.39 is 5.60 Å². The third kappa shape index (κ3) is 7.26. The molecule has 32 heavy (non-hydrogen) atoms. The molecule has 0 amide bonds. The molecule has 1 aromatic rings. The van der Waals surface area contributed by atoms with Gasteiger partial charge in [0.05, 0.1) is 11.3 Å². The van der Waals surface area contributed by atoms with Crippen LogP contribution in [0.25, 0.3) is 0 Å². The van der Waals surface area contributed by atoms with Gasteiger partial charge in [0.1, 0.15) is 5.84 Å². The summed E-state index contributed by atoms with van der Waals surface area (Å²) < 4.78 is 5.42. The van der Waals surface area contributed by atoms with Crippen LogP contribution < -0.4 is 5.73 Å². The van der Waals surface area contributed by atoms with Crippen molar-refractivity contribution in [2.75, 3.05) is 32.8 Å². The molecule has 3 fully saturated rings. The minimum absolute atomic E-state index is 0.0895. The van der Waals surface area contributed by atoms with Crippen molar-refractivity contribution in [2.24, 2.45) is 23.5 Å². The van der Waals surface area contributed by atoms with Crippen LogP contribution in [0.2, 0.25) is 0 Å². The van der Waals surface area contributed by atoms with E-state index in [0.29, 0.717) is 5.56 Å². The number of nitrogens with two attached hydrogens (primary N) is 1. The number of allylic oxidation sites excluding steroid dienone is 1. The fourth-order valence-corrected chi connectivity index (χ4v) is 5.11. The Bertz CT molecular complexity index is 796. The van der Waals surface area contributed by atoms with Crippen LogP contribution in [0.3, 0.4) is 0 Å². The Hall–Kier alpha value is -2.02. The fraction of sp³-hybridized carbons (Fsp3) is 0.615. The molecule has 1 aliphatic carbocycles. The number of hydrogen-bond donors (Lipinski definition) is 4. The molecule has 2 atom stereocenters. The van der Waals surface area contributed by atoms with Gasteiger partial charge >= 0.3 is 0 Å². The zero-order chi connectivity index (χ0) is 23.1. The zero-order valence-corrected chi connectivity index (χ0v) is 19.6. The molecule has 2 aliphatic heterocycles. The van der Waals surface area contributed by atoms with Gasteiger partial charge in [-0.15, -0.1) is 0 Å². The van der Waals surface area contributed by atoms with Gasteiger partial charge in [-0.25, -0.2) is 0 Å². The van der Waals surface area contributed by atoms with E-state index in [-0.39, 0.29) is 11.5 Å². The van der Waals surface area contributed by atoms with Gasteiger partial charge in [-0.2, -0.15) is 0 Å². The zero-order valence-electron chi connectivity index (χ0n) is 19.6. The third-order valence-corrected chi connectivity index (χ3v) is 6.97. The normalized spacial score (nSPS) is 24.2. The standard InChI is InChI=1S/C13H17N3O.C13H23NO/c1-13(2,17)10-5-3-4-9(8-10)11(14)6-7-12(15)16;1-2-12-9-14(10-13(12)3-1)8-11-4-6-15-7-5-11/h3-8,14,17H,1-2H3,(H3,15,16);11-13H,1-10H2/b7-6-,14-11?;/t;12-,13+. The van der Waals surface area contributed by atoms with Crippen LogP contribution in [0.4, 0.5) is 0 Å². The van der Waals surface area contributed by atoms with Crippen LogP contribution in [0.15, 0.2) is 36.4 Å². The average Bonchev–Trinajstić information content (AvgIpc) is 3.34. The number of ether oxygens (including phenoxy) is 1. The van der Waals surface area contributed by atoms with E-state index in [1.54, 1.807) is 32.0 Å². The molecule has 5 N–H and O–H groups in total. The largest absolute Gasteiger partial charge is 0.386 e. The number of rotatable bonds is 6. The lowest BCUT2D eigenvalue weighted by Crippen LogP contribution is -2.31. The van der Waals surface area contributed by atoms with Crippen LogP contribution in [0.1, 0.15) is 57.1 Å². The Morgan fingerprint density at radius 3 is 2.38 bits per heavy atom. The van der Waals surface area contributed by atoms with E-state index in [9.17, 15) is 5.11 Å². The van der Waals surface area contributed by atoms with Gasteiger partial charge in [0.25, 0.3) is 0 Å². The molecular weight excluding hydrogens is 400 g/mol. The Morgan fingerprint density at radius 1 is 1.12 bits per heavy atom. The van der Waals surface area contributed by atoms with Crippen LogP contribution in [0.5, 0.6) is 0 Å². The second-order valence-electron chi connectivity index (χ2n) is 10.1. The van der Waals surface area contributed by atoms with E-state index in [1.807, 2.05) is 6.07 Å². The predicted molar refractivity (Wildman–Crippen MR) is 130 cm³/mol. The fourth-order valence-electron chi connectivity index (χ4n) is 5.11. The molecule has 0 unspecified atom stereocenters. The lowest BCUT2D eigenvalue weighted by Gasteiger charge is -2.27. The molecule has 0 radical (unpaired) electrons. The first-order valence-electron chi connectivity index (χ1n) is 12.0. The third-order valence-electron chi connectivity index (χ3n) is 6.97. The Morgan fingerprint density at radius 2 is 1.78 bits per heavy atom. The average molecular weight is 441 g/mol. The van der Waals surface area contributed by atoms with E-state index >= 15 is 0 Å². The van der Waals surface area contributed by atoms with Gasteiger partial charge in [0.15, 0.2) is 0 Å². The van der Waals surface area contributed by atoms with Crippen LogP contribution in [-0.4, -0.2) is 54.4 Å². The van der Waals surface area contributed by atoms with Gasteiger partial charge in [0, 0.05) is 32.8 Å². The van der Waals surface area contributed by atoms with Gasteiger partial charge in [-0.1, -0.05) is 24.6 Å². The summed E-state index contributed by atoms with van der Waals surface area (Å²) in [6.07, 6.45) is 9.94. The lowest BCUT2D eigenvalue weighted by atomic mass is 9.95. The number of benzene rings is 1. The first kappa shape index (κ1) is 24.6. The summed E-state index contributed by atoms with van der Waals surface area (Å²) in [5, 5.41) is 24.7. The molecule has 1 saturated carbocycles. The van der Waals surface area contributed by atoms with Gasteiger partial charge in [0.2, 0.25) is 0 Å². The Labute approximate surface area is 192 Å². The predicted octanol–water partition coefficient (Wildman–Crippen LogP) is 3.92. The molecule has 3 aliphatic rings. The highest BCUT2D eigenvalue weighted by Gasteiger charge is 2.36. The highest BCUT2D eigenvalue weighted by molar-refractivity contribution is 6.09. The summed E-state index contributed by atoms with van der Waals surface area (Å²) in [7, 11) is 0. The summed E-state index contributed by atoms with van der Waals surface area (Å²) >= 11 is 0. The SMILES string of the molecule is C1C[C@@H]2CN(CC3CCOCC3)C[C@@H]2C1.CC(C)(O)c1cccc(C(=N)/C=C\C(=N)N)c1. The summed E-state index contributed by atoms with van der Waals surface area (Å²) in [6.45, 7) is 9.57. The van der Waals surface area contributed by atoms with Gasteiger partial charge in [-0.3, -0.25) is 5.41 Å². The number of nitrogens with zero attached hydrogens (tertiary/aromatic N) is 1. The molecule has 2 saturated heterocycles. The van der Waals surface area contributed by atoms with Crippen molar-refractivity contribution in [3.63, 3.8) is 0 Å². The minimum atomic E-state index is -0.930. The summed E-state index contributed by atoms with van der Waals surface area (Å²) in [6, 6.07) is 7.14. The van der Waals surface area contributed by atoms with Crippen molar-refractivity contribution < 1.29 is 9.84 Å². The van der Waals surface area contributed by atoms with Gasteiger partial charge < -0.3 is 25.9 Å². The maximum Gasteiger partial charge on any atom is 0.115 e. The Balaban J connectivity index is 0.000000181. The summed E-state index contributed by atoms with van der Waals surface area (Å²) in [5.74, 6) is 2.96. The molecule has 6 heteroatoms. The number of likely N-dealkylation sites (tertiary alicyclic amines) is 1. The van der Waals surface area contributed by atoms with Crippen LogP contribution >= 0.6 is 0 Å². The molecule has 2 heterocycles. The Kier molecular flexibility index (Phi) is 8.63. The molecule has 4 rings (SSSR count). The van der Waals surface area contributed by atoms with E-state index in [4.69, 9.17) is 21.3 Å². The minimum Gasteiger partial charge on any atom is -0.386 e. The molecule has 0 spiro atoms. The molecule has 0 aromatic heterocycles. The molecule has 176 valence electrons. The summed E-state index contributed by atoms with van der Waals surface area (Å²) in [5.41, 5.74) is 5.93. The molecular formula is C26H40N4O2. The second-order valence-corrected chi connectivity index (χ2v) is 10.1. The monoisotopic (exact) mass is 440 g/mol. The highest BCUT2D eigenvalue weighted by atomic mass is 16.5. The van der Waals surface area contributed by atoms with Gasteiger partial charge in [-0.05, 0) is 86.6 Å². The molecule has 1 aromatic carbocycles.